The first-order valence-corrected chi connectivity index (χ1v) is 8.08. The number of aromatic nitrogens is 2. The van der Waals surface area contributed by atoms with E-state index in [4.69, 9.17) is 4.74 Å². The summed E-state index contributed by atoms with van der Waals surface area (Å²) < 4.78 is 33.7. The number of carbonyl (C=O) groups excluding carboxylic acids is 1. The number of esters is 1. The molecule has 3 rings (SSSR count). The van der Waals surface area contributed by atoms with Gasteiger partial charge in [0.1, 0.15) is 11.6 Å². The molecule has 1 heterocycles. The molecule has 0 atom stereocenters. The van der Waals surface area contributed by atoms with Gasteiger partial charge in [0.05, 0.1) is 16.9 Å². The fourth-order valence-electron chi connectivity index (χ4n) is 2.37. The zero-order valence-corrected chi connectivity index (χ0v) is 14.7. The van der Waals surface area contributed by atoms with Crippen LogP contribution < -0.4 is 4.74 Å². The average Bonchev–Trinajstić information content (AvgIpc) is 2.99. The van der Waals surface area contributed by atoms with Crippen molar-refractivity contribution < 1.29 is 18.3 Å². The fraction of sp³-hybridized carbons (Fsp3) is 0.200. The van der Waals surface area contributed by atoms with Gasteiger partial charge < -0.3 is 4.74 Å². The lowest BCUT2D eigenvalue weighted by molar-refractivity contribution is 0.0722. The van der Waals surface area contributed by atoms with E-state index in [1.54, 1.807) is 18.2 Å². The van der Waals surface area contributed by atoms with Gasteiger partial charge in [0.15, 0.2) is 0 Å². The maximum atomic E-state index is 13.6. The van der Waals surface area contributed by atoms with Crippen LogP contribution in [0.3, 0.4) is 0 Å². The van der Waals surface area contributed by atoms with Crippen LogP contribution in [0.2, 0.25) is 0 Å². The largest absolute Gasteiger partial charge is 0.404 e. The molecule has 134 valence electrons. The van der Waals surface area contributed by atoms with Gasteiger partial charge in [-0.25, -0.2) is 18.3 Å². The van der Waals surface area contributed by atoms with Gasteiger partial charge in [-0.2, -0.15) is 5.10 Å². The molecule has 2 aromatic carbocycles. The zero-order chi connectivity index (χ0) is 18.9. The molecule has 0 amide bonds. The molecule has 0 N–H and O–H groups in total. The Bertz CT molecular complexity index is 958. The summed E-state index contributed by atoms with van der Waals surface area (Å²) in [6.45, 7) is 5.89. The maximum Gasteiger partial charge on any atom is 0.344 e. The van der Waals surface area contributed by atoms with Crippen LogP contribution in [0.15, 0.2) is 54.6 Å². The lowest BCUT2D eigenvalue weighted by Gasteiger charge is -2.13. The summed E-state index contributed by atoms with van der Waals surface area (Å²) >= 11 is 0. The second kappa shape index (κ2) is 6.71. The summed E-state index contributed by atoms with van der Waals surface area (Å²) in [7, 11) is 0. The van der Waals surface area contributed by atoms with E-state index in [0.29, 0.717) is 11.4 Å². The highest BCUT2D eigenvalue weighted by molar-refractivity contribution is 5.90. The van der Waals surface area contributed by atoms with Crippen LogP contribution in [0, 0.1) is 11.6 Å². The van der Waals surface area contributed by atoms with Gasteiger partial charge in [0.25, 0.3) is 0 Å². The molecular weight excluding hydrogens is 338 g/mol. The van der Waals surface area contributed by atoms with E-state index >= 15 is 0 Å². The van der Waals surface area contributed by atoms with Crippen LogP contribution in [0.5, 0.6) is 5.88 Å². The normalized spacial score (nSPS) is 11.4. The van der Waals surface area contributed by atoms with Crippen molar-refractivity contribution >= 4 is 5.97 Å². The van der Waals surface area contributed by atoms with Crippen LogP contribution >= 0.6 is 0 Å². The highest BCUT2D eigenvalue weighted by Gasteiger charge is 2.23. The third-order valence-corrected chi connectivity index (χ3v) is 3.76. The van der Waals surface area contributed by atoms with Crippen molar-refractivity contribution in [3.63, 3.8) is 0 Å². The molecule has 26 heavy (non-hydrogen) atoms. The first-order valence-electron chi connectivity index (χ1n) is 8.08. The fourth-order valence-corrected chi connectivity index (χ4v) is 2.37. The number of rotatable bonds is 3. The number of ether oxygens (including phenoxy) is 1. The SMILES string of the molecule is CC(C)(C)c1cc(OC(=O)c2cccc(F)c2)n(-c2cccc(F)c2)n1. The minimum atomic E-state index is -0.720. The average molecular weight is 356 g/mol. The van der Waals surface area contributed by atoms with Crippen molar-refractivity contribution in [3.8, 4) is 11.6 Å². The zero-order valence-electron chi connectivity index (χ0n) is 14.7. The van der Waals surface area contributed by atoms with Gasteiger partial charge in [-0.15, -0.1) is 0 Å². The van der Waals surface area contributed by atoms with Crippen molar-refractivity contribution in [1.82, 2.24) is 9.78 Å². The van der Waals surface area contributed by atoms with E-state index in [0.717, 1.165) is 6.07 Å². The number of hydrogen-bond donors (Lipinski definition) is 0. The number of benzene rings is 2. The Kier molecular flexibility index (Phi) is 4.59. The minimum Gasteiger partial charge on any atom is -0.404 e. The smallest absolute Gasteiger partial charge is 0.344 e. The molecule has 0 saturated carbocycles. The number of hydrogen-bond acceptors (Lipinski definition) is 3. The minimum absolute atomic E-state index is 0.0781. The van der Waals surface area contributed by atoms with E-state index in [-0.39, 0.29) is 16.9 Å². The molecule has 0 aliphatic heterocycles. The Morgan fingerprint density at radius 1 is 1.00 bits per heavy atom. The standard InChI is InChI=1S/C20H18F2N2O2/c1-20(2,3)17-12-18(24(23-17)16-9-5-8-15(22)11-16)26-19(25)13-6-4-7-14(21)10-13/h4-12H,1-3H3. The predicted octanol–water partition coefficient (Wildman–Crippen LogP) is 4.67. The van der Waals surface area contributed by atoms with Crippen molar-refractivity contribution in [2.75, 3.05) is 0 Å². The molecule has 0 saturated heterocycles. The van der Waals surface area contributed by atoms with E-state index < -0.39 is 17.6 Å². The topological polar surface area (TPSA) is 44.1 Å². The van der Waals surface area contributed by atoms with Gasteiger partial charge >= 0.3 is 5.97 Å². The summed E-state index contributed by atoms with van der Waals surface area (Å²) in [6, 6.07) is 12.7. The third-order valence-electron chi connectivity index (χ3n) is 3.76. The highest BCUT2D eigenvalue weighted by Crippen LogP contribution is 2.28. The molecule has 6 heteroatoms. The molecule has 0 aliphatic carbocycles. The molecule has 0 fully saturated rings. The van der Waals surface area contributed by atoms with Crippen molar-refractivity contribution in [1.29, 1.82) is 0 Å². The summed E-state index contributed by atoms with van der Waals surface area (Å²) in [4.78, 5) is 12.4. The molecule has 0 spiro atoms. The predicted molar refractivity (Wildman–Crippen MR) is 93.6 cm³/mol. The summed E-state index contributed by atoms with van der Waals surface area (Å²) in [5.41, 5.74) is 0.860. The van der Waals surface area contributed by atoms with E-state index in [1.165, 1.54) is 35.0 Å². The first kappa shape index (κ1) is 17.8. The molecule has 0 radical (unpaired) electrons. The van der Waals surface area contributed by atoms with Crippen LogP contribution in [0.4, 0.5) is 8.78 Å². The molecule has 0 aliphatic rings. The van der Waals surface area contributed by atoms with Crippen molar-refractivity contribution in [3.05, 3.63) is 77.5 Å². The van der Waals surface area contributed by atoms with E-state index in [1.807, 2.05) is 20.8 Å². The monoisotopic (exact) mass is 356 g/mol. The van der Waals surface area contributed by atoms with Crippen LogP contribution in [0.1, 0.15) is 36.8 Å². The van der Waals surface area contributed by atoms with Crippen LogP contribution in [-0.4, -0.2) is 15.7 Å². The van der Waals surface area contributed by atoms with Crippen LogP contribution in [0.25, 0.3) is 5.69 Å². The van der Waals surface area contributed by atoms with Gasteiger partial charge in [-0.3, -0.25) is 0 Å². The Balaban J connectivity index is 2.02. The molecule has 4 nitrogen and oxygen atoms in total. The Morgan fingerprint density at radius 3 is 2.27 bits per heavy atom. The summed E-state index contributed by atoms with van der Waals surface area (Å²) in [6.07, 6.45) is 0. The molecule has 3 aromatic rings. The lowest BCUT2D eigenvalue weighted by Crippen LogP contribution is -2.13. The number of carbonyl (C=O) groups is 1. The van der Waals surface area contributed by atoms with Gasteiger partial charge in [0, 0.05) is 11.5 Å². The first-order chi connectivity index (χ1) is 12.2. The second-order valence-electron chi connectivity index (χ2n) is 6.91. The molecular formula is C20H18F2N2O2. The van der Waals surface area contributed by atoms with Gasteiger partial charge in [-0.05, 0) is 36.4 Å². The Morgan fingerprint density at radius 2 is 1.65 bits per heavy atom. The summed E-state index contributed by atoms with van der Waals surface area (Å²) in [5.74, 6) is -1.55. The van der Waals surface area contributed by atoms with Gasteiger partial charge in [0.2, 0.25) is 5.88 Å². The quantitative estimate of drug-likeness (QED) is 0.641. The molecule has 0 bridgehead atoms. The maximum absolute atomic E-state index is 13.6. The van der Waals surface area contributed by atoms with E-state index in [2.05, 4.69) is 5.10 Å². The number of halogens is 2. The van der Waals surface area contributed by atoms with Crippen molar-refractivity contribution in [2.24, 2.45) is 0 Å². The summed E-state index contributed by atoms with van der Waals surface area (Å²) in [5, 5.41) is 4.46. The Hall–Kier alpha value is -3.02. The number of nitrogens with zero attached hydrogens (tertiary/aromatic N) is 2. The highest BCUT2D eigenvalue weighted by atomic mass is 19.1. The van der Waals surface area contributed by atoms with Crippen molar-refractivity contribution in [2.45, 2.75) is 26.2 Å². The lowest BCUT2D eigenvalue weighted by atomic mass is 9.93. The van der Waals surface area contributed by atoms with Crippen LogP contribution in [-0.2, 0) is 5.41 Å². The van der Waals surface area contributed by atoms with Gasteiger partial charge in [-0.1, -0.05) is 32.9 Å². The third kappa shape index (κ3) is 3.79. The Labute approximate surface area is 150 Å². The molecule has 0 unspecified atom stereocenters. The second-order valence-corrected chi connectivity index (χ2v) is 6.91. The van der Waals surface area contributed by atoms with E-state index in [9.17, 15) is 13.6 Å². The molecule has 1 aromatic heterocycles.